The Bertz CT molecular complexity index is 628. The molecule has 0 radical (unpaired) electrons. The summed E-state index contributed by atoms with van der Waals surface area (Å²) in [5, 5.41) is 5.56. The lowest BCUT2D eigenvalue weighted by atomic mass is 10.2. The summed E-state index contributed by atoms with van der Waals surface area (Å²) in [6, 6.07) is 4.17. The molecule has 2 N–H and O–H groups in total. The molecule has 2 rings (SSSR count). The number of nitrogens with one attached hydrogen (secondary N) is 2. The standard InChI is InChI=1S/C13H12F4N4/c1-2-18-12-19-6-5-11(21-12)20-8-3-4-10(14)9(7-8)13(15,16)17/h3-7H,2H2,1H3,(H2,18,19,20,21). The molecule has 0 aliphatic heterocycles. The molecule has 0 spiro atoms. The second-order valence-corrected chi connectivity index (χ2v) is 4.11. The van der Waals surface area contributed by atoms with Crippen LogP contribution in [0.3, 0.4) is 0 Å². The molecule has 0 unspecified atom stereocenters. The number of hydrogen-bond acceptors (Lipinski definition) is 4. The van der Waals surface area contributed by atoms with Crippen LogP contribution >= 0.6 is 0 Å². The average Bonchev–Trinajstić information content (AvgIpc) is 2.40. The van der Waals surface area contributed by atoms with Crippen molar-refractivity contribution in [2.75, 3.05) is 17.2 Å². The van der Waals surface area contributed by atoms with Gasteiger partial charge in [-0.15, -0.1) is 0 Å². The van der Waals surface area contributed by atoms with Gasteiger partial charge < -0.3 is 10.6 Å². The maximum Gasteiger partial charge on any atom is 0.419 e. The number of rotatable bonds is 4. The van der Waals surface area contributed by atoms with E-state index in [1.807, 2.05) is 6.92 Å². The Morgan fingerprint density at radius 3 is 2.62 bits per heavy atom. The zero-order valence-electron chi connectivity index (χ0n) is 11.0. The third kappa shape index (κ3) is 3.80. The fourth-order valence-corrected chi connectivity index (χ4v) is 1.64. The van der Waals surface area contributed by atoms with Crippen molar-refractivity contribution in [3.8, 4) is 0 Å². The van der Waals surface area contributed by atoms with Crippen LogP contribution in [0.1, 0.15) is 12.5 Å². The molecule has 0 fully saturated rings. The summed E-state index contributed by atoms with van der Waals surface area (Å²) in [6.45, 7) is 2.47. The fourth-order valence-electron chi connectivity index (χ4n) is 1.64. The highest BCUT2D eigenvalue weighted by Crippen LogP contribution is 2.33. The van der Waals surface area contributed by atoms with Gasteiger partial charge in [-0.2, -0.15) is 18.2 Å². The van der Waals surface area contributed by atoms with Gasteiger partial charge in [0.15, 0.2) is 0 Å². The van der Waals surface area contributed by atoms with Crippen LogP contribution in [0.5, 0.6) is 0 Å². The Hall–Kier alpha value is -2.38. The Kier molecular flexibility index (Phi) is 4.25. The summed E-state index contributed by atoms with van der Waals surface area (Å²) in [5.74, 6) is -0.662. The molecule has 2 aromatic rings. The smallest absolute Gasteiger partial charge is 0.354 e. The second kappa shape index (κ2) is 5.94. The third-order valence-electron chi connectivity index (χ3n) is 2.53. The van der Waals surface area contributed by atoms with Crippen molar-refractivity contribution in [1.82, 2.24) is 9.97 Å². The maximum atomic E-state index is 13.2. The van der Waals surface area contributed by atoms with Crippen molar-refractivity contribution in [3.63, 3.8) is 0 Å². The largest absolute Gasteiger partial charge is 0.419 e. The van der Waals surface area contributed by atoms with Crippen LogP contribution in [-0.2, 0) is 6.18 Å². The highest BCUT2D eigenvalue weighted by atomic mass is 19.4. The van der Waals surface area contributed by atoms with Crippen molar-refractivity contribution in [2.45, 2.75) is 13.1 Å². The van der Waals surface area contributed by atoms with Crippen LogP contribution in [0.4, 0.5) is 35.0 Å². The topological polar surface area (TPSA) is 49.8 Å². The first-order valence-corrected chi connectivity index (χ1v) is 6.11. The van der Waals surface area contributed by atoms with Gasteiger partial charge in [-0.1, -0.05) is 0 Å². The Labute approximate surface area is 118 Å². The Morgan fingerprint density at radius 2 is 1.95 bits per heavy atom. The molecule has 1 aromatic heterocycles. The molecule has 8 heteroatoms. The highest BCUT2D eigenvalue weighted by molar-refractivity contribution is 5.58. The van der Waals surface area contributed by atoms with Gasteiger partial charge in [0, 0.05) is 18.4 Å². The number of benzene rings is 1. The molecular weight excluding hydrogens is 288 g/mol. The van der Waals surface area contributed by atoms with Gasteiger partial charge in [-0.05, 0) is 31.2 Å². The molecule has 1 aromatic carbocycles. The van der Waals surface area contributed by atoms with Crippen LogP contribution in [-0.4, -0.2) is 16.5 Å². The summed E-state index contributed by atoms with van der Waals surface area (Å²) in [6.07, 6.45) is -3.29. The van der Waals surface area contributed by atoms with Gasteiger partial charge in [0.05, 0.1) is 5.56 Å². The first kappa shape index (κ1) is 15.0. The number of halogens is 4. The minimum Gasteiger partial charge on any atom is -0.354 e. The first-order valence-electron chi connectivity index (χ1n) is 6.11. The van der Waals surface area contributed by atoms with Gasteiger partial charge >= 0.3 is 6.18 Å². The first-order chi connectivity index (χ1) is 9.90. The van der Waals surface area contributed by atoms with Crippen molar-refractivity contribution in [1.29, 1.82) is 0 Å². The van der Waals surface area contributed by atoms with Crippen LogP contribution in [0, 0.1) is 5.82 Å². The normalized spacial score (nSPS) is 11.3. The molecule has 0 saturated heterocycles. The van der Waals surface area contributed by atoms with Crippen LogP contribution in [0.2, 0.25) is 0 Å². The van der Waals surface area contributed by atoms with E-state index in [1.165, 1.54) is 18.3 Å². The SMILES string of the molecule is CCNc1nccc(Nc2ccc(F)c(C(F)(F)F)c2)n1. The van der Waals surface area contributed by atoms with Crippen LogP contribution in [0.15, 0.2) is 30.5 Å². The van der Waals surface area contributed by atoms with E-state index in [4.69, 9.17) is 0 Å². The molecule has 0 aliphatic carbocycles. The summed E-state index contributed by atoms with van der Waals surface area (Å²) in [5.41, 5.74) is -1.24. The molecule has 0 aliphatic rings. The average molecular weight is 300 g/mol. The van der Waals surface area contributed by atoms with Crippen LogP contribution < -0.4 is 10.6 Å². The highest BCUT2D eigenvalue weighted by Gasteiger charge is 2.34. The molecule has 1 heterocycles. The minimum atomic E-state index is -4.75. The molecule has 112 valence electrons. The van der Waals surface area contributed by atoms with Gasteiger partial charge in [-0.3, -0.25) is 0 Å². The van der Waals surface area contributed by atoms with Gasteiger partial charge in [0.25, 0.3) is 0 Å². The number of anilines is 3. The van der Waals surface area contributed by atoms with E-state index in [1.54, 1.807) is 0 Å². The summed E-state index contributed by atoms with van der Waals surface area (Å²) >= 11 is 0. The lowest BCUT2D eigenvalue weighted by Gasteiger charge is -2.11. The predicted molar refractivity (Wildman–Crippen MR) is 70.9 cm³/mol. The number of aromatic nitrogens is 2. The molecule has 0 bridgehead atoms. The maximum absolute atomic E-state index is 13.2. The molecule has 0 saturated carbocycles. The second-order valence-electron chi connectivity index (χ2n) is 4.11. The molecule has 0 amide bonds. The van der Waals surface area contributed by atoms with E-state index in [0.29, 0.717) is 24.4 Å². The van der Waals surface area contributed by atoms with Crippen molar-refractivity contribution < 1.29 is 17.6 Å². The van der Waals surface area contributed by atoms with Gasteiger partial charge in [0.1, 0.15) is 11.6 Å². The van der Waals surface area contributed by atoms with Crippen molar-refractivity contribution in [2.24, 2.45) is 0 Å². The quantitative estimate of drug-likeness (QED) is 0.843. The Morgan fingerprint density at radius 1 is 1.19 bits per heavy atom. The van der Waals surface area contributed by atoms with Crippen molar-refractivity contribution in [3.05, 3.63) is 41.8 Å². The number of nitrogens with zero attached hydrogens (tertiary/aromatic N) is 2. The molecule has 0 atom stereocenters. The molecule has 4 nitrogen and oxygen atoms in total. The van der Waals surface area contributed by atoms with Gasteiger partial charge in [-0.25, -0.2) is 9.37 Å². The van der Waals surface area contributed by atoms with E-state index in [-0.39, 0.29) is 5.69 Å². The van der Waals surface area contributed by atoms with E-state index in [9.17, 15) is 17.6 Å². The molecule has 21 heavy (non-hydrogen) atoms. The number of hydrogen-bond donors (Lipinski definition) is 2. The third-order valence-corrected chi connectivity index (χ3v) is 2.53. The lowest BCUT2D eigenvalue weighted by Crippen LogP contribution is -2.09. The van der Waals surface area contributed by atoms with E-state index in [0.717, 1.165) is 6.07 Å². The summed E-state index contributed by atoms with van der Waals surface area (Å²) in [4.78, 5) is 8.00. The Balaban J connectivity index is 2.26. The summed E-state index contributed by atoms with van der Waals surface area (Å²) < 4.78 is 51.1. The minimum absolute atomic E-state index is 0.0878. The lowest BCUT2D eigenvalue weighted by molar-refractivity contribution is -0.139. The monoisotopic (exact) mass is 300 g/mol. The molecular formula is C13H12F4N4. The van der Waals surface area contributed by atoms with Gasteiger partial charge in [0.2, 0.25) is 5.95 Å². The fraction of sp³-hybridized carbons (Fsp3) is 0.231. The van der Waals surface area contributed by atoms with E-state index < -0.39 is 17.6 Å². The van der Waals surface area contributed by atoms with Crippen molar-refractivity contribution >= 4 is 17.5 Å². The summed E-state index contributed by atoms with van der Waals surface area (Å²) in [7, 11) is 0. The van der Waals surface area contributed by atoms with E-state index in [2.05, 4.69) is 20.6 Å². The van der Waals surface area contributed by atoms with Crippen LogP contribution in [0.25, 0.3) is 0 Å². The zero-order valence-corrected chi connectivity index (χ0v) is 11.0. The van der Waals surface area contributed by atoms with E-state index >= 15 is 0 Å². The predicted octanol–water partition coefficient (Wildman–Crippen LogP) is 3.81. The number of alkyl halides is 3. The zero-order chi connectivity index (χ0) is 15.5.